The molecule has 6 heteroatoms. The van der Waals surface area contributed by atoms with Gasteiger partial charge in [0.05, 0.1) is 5.52 Å². The number of amides is 1. The van der Waals surface area contributed by atoms with E-state index in [1.165, 1.54) is 18.2 Å². The number of rotatable bonds is 3. The Morgan fingerprint density at radius 1 is 1.26 bits per heavy atom. The van der Waals surface area contributed by atoms with E-state index in [0.29, 0.717) is 5.52 Å². The van der Waals surface area contributed by atoms with Crippen LogP contribution in [0.25, 0.3) is 10.9 Å². The second kappa shape index (κ2) is 6.00. The van der Waals surface area contributed by atoms with E-state index in [0.717, 1.165) is 16.6 Å². The first kappa shape index (κ1) is 14.9. The highest BCUT2D eigenvalue weighted by Crippen LogP contribution is 2.13. The largest absolute Gasteiger partial charge is 0.348 e. The van der Waals surface area contributed by atoms with Crippen molar-refractivity contribution in [3.05, 3.63) is 75.6 Å². The predicted molar refractivity (Wildman–Crippen MR) is 84.7 cm³/mol. The molecule has 0 bridgehead atoms. The zero-order valence-electron chi connectivity index (χ0n) is 12.4. The van der Waals surface area contributed by atoms with Crippen LogP contribution in [0.4, 0.5) is 4.39 Å². The molecule has 3 aromatic rings. The Balaban J connectivity index is 1.85. The van der Waals surface area contributed by atoms with Gasteiger partial charge in [-0.1, -0.05) is 12.1 Å². The van der Waals surface area contributed by atoms with E-state index in [4.69, 9.17) is 0 Å². The van der Waals surface area contributed by atoms with E-state index >= 15 is 0 Å². The van der Waals surface area contributed by atoms with Crippen LogP contribution in [0.2, 0.25) is 0 Å². The molecular weight excluding hydrogens is 297 g/mol. The number of pyridine rings is 2. The average Bonchev–Trinajstić information content (AvgIpc) is 2.54. The van der Waals surface area contributed by atoms with Crippen molar-refractivity contribution in [1.82, 2.24) is 15.3 Å². The lowest BCUT2D eigenvalue weighted by Gasteiger charge is -2.07. The molecule has 0 radical (unpaired) electrons. The van der Waals surface area contributed by atoms with Gasteiger partial charge in [0.25, 0.3) is 11.5 Å². The van der Waals surface area contributed by atoms with Gasteiger partial charge in [0, 0.05) is 23.8 Å². The summed E-state index contributed by atoms with van der Waals surface area (Å²) in [5.74, 6) is -0.824. The topological polar surface area (TPSA) is 74.8 Å². The van der Waals surface area contributed by atoms with Crippen LogP contribution in [0, 0.1) is 12.7 Å². The number of aromatic nitrogens is 2. The molecule has 0 fully saturated rings. The predicted octanol–water partition coefficient (Wildman–Crippen LogP) is 2.30. The molecule has 0 aliphatic carbocycles. The first-order valence-corrected chi connectivity index (χ1v) is 7.06. The quantitative estimate of drug-likeness (QED) is 0.779. The summed E-state index contributed by atoms with van der Waals surface area (Å²) < 4.78 is 12.9. The van der Waals surface area contributed by atoms with Gasteiger partial charge < -0.3 is 10.3 Å². The fourth-order valence-electron chi connectivity index (χ4n) is 2.32. The molecule has 2 heterocycles. The molecule has 0 aliphatic rings. The third-order valence-electron chi connectivity index (χ3n) is 3.58. The van der Waals surface area contributed by atoms with Crippen molar-refractivity contribution in [3.63, 3.8) is 0 Å². The third kappa shape index (κ3) is 3.11. The van der Waals surface area contributed by atoms with Crippen molar-refractivity contribution in [1.29, 1.82) is 0 Å². The number of H-pyrrole nitrogens is 1. The fraction of sp³-hybridized carbons (Fsp3) is 0.118. The molecule has 3 rings (SSSR count). The van der Waals surface area contributed by atoms with Crippen LogP contribution in [-0.4, -0.2) is 15.9 Å². The van der Waals surface area contributed by atoms with Gasteiger partial charge in [-0.3, -0.25) is 14.6 Å². The molecule has 0 saturated carbocycles. The van der Waals surface area contributed by atoms with Gasteiger partial charge in [-0.05, 0) is 36.8 Å². The lowest BCUT2D eigenvalue weighted by atomic mass is 10.1. The second-order valence-electron chi connectivity index (χ2n) is 5.18. The van der Waals surface area contributed by atoms with Gasteiger partial charge >= 0.3 is 0 Å². The number of fused-ring (bicyclic) bond motifs is 1. The van der Waals surface area contributed by atoms with E-state index in [1.54, 1.807) is 31.3 Å². The number of hydrogen-bond donors (Lipinski definition) is 2. The molecule has 2 N–H and O–H groups in total. The van der Waals surface area contributed by atoms with E-state index in [9.17, 15) is 14.0 Å². The minimum absolute atomic E-state index is 0.0238. The van der Waals surface area contributed by atoms with Gasteiger partial charge in [0.2, 0.25) is 0 Å². The van der Waals surface area contributed by atoms with Crippen LogP contribution in [0.5, 0.6) is 0 Å². The molecule has 0 atom stereocenters. The van der Waals surface area contributed by atoms with Crippen LogP contribution in [0.3, 0.4) is 0 Å². The Morgan fingerprint density at radius 2 is 2.00 bits per heavy atom. The minimum Gasteiger partial charge on any atom is -0.348 e. The summed E-state index contributed by atoms with van der Waals surface area (Å²) in [6.07, 6.45) is 1.60. The van der Waals surface area contributed by atoms with E-state index < -0.39 is 11.5 Å². The molecule has 1 aromatic carbocycles. The van der Waals surface area contributed by atoms with Gasteiger partial charge in [0.1, 0.15) is 11.4 Å². The highest BCUT2D eigenvalue weighted by atomic mass is 19.1. The Kier molecular flexibility index (Phi) is 3.89. The Hall–Kier alpha value is -3.02. The summed E-state index contributed by atoms with van der Waals surface area (Å²) in [4.78, 5) is 31.1. The second-order valence-corrected chi connectivity index (χ2v) is 5.18. The maximum absolute atomic E-state index is 12.9. The number of aromatic amines is 1. The lowest BCUT2D eigenvalue weighted by Crippen LogP contribution is -2.29. The smallest absolute Gasteiger partial charge is 0.261 e. The molecule has 116 valence electrons. The number of carbonyl (C=O) groups excluding carboxylic acids is 1. The van der Waals surface area contributed by atoms with Crippen molar-refractivity contribution in [3.8, 4) is 0 Å². The number of aryl methyl sites for hydroxylation is 1. The molecule has 0 saturated heterocycles. The van der Waals surface area contributed by atoms with Crippen LogP contribution in [-0.2, 0) is 6.54 Å². The molecule has 5 nitrogen and oxygen atoms in total. The summed E-state index contributed by atoms with van der Waals surface area (Å²) in [6.45, 7) is 2.02. The van der Waals surface area contributed by atoms with E-state index in [2.05, 4.69) is 15.3 Å². The molecule has 2 aromatic heterocycles. The average molecular weight is 311 g/mol. The van der Waals surface area contributed by atoms with Crippen LogP contribution >= 0.6 is 0 Å². The van der Waals surface area contributed by atoms with Gasteiger partial charge in [-0.25, -0.2) is 4.39 Å². The molecule has 0 spiro atoms. The van der Waals surface area contributed by atoms with Crippen molar-refractivity contribution < 1.29 is 9.18 Å². The molecular formula is C17H14FN3O2. The summed E-state index contributed by atoms with van der Waals surface area (Å²) >= 11 is 0. The van der Waals surface area contributed by atoms with E-state index in [1.807, 2.05) is 0 Å². The zero-order chi connectivity index (χ0) is 16.4. The van der Waals surface area contributed by atoms with Gasteiger partial charge in [-0.15, -0.1) is 0 Å². The third-order valence-corrected chi connectivity index (χ3v) is 3.58. The minimum atomic E-state index is -0.485. The number of nitrogens with zero attached hydrogens (tertiary/aromatic N) is 1. The normalized spacial score (nSPS) is 10.7. The highest BCUT2D eigenvalue weighted by Gasteiger charge is 2.12. The Bertz CT molecular complexity index is 933. The van der Waals surface area contributed by atoms with Crippen molar-refractivity contribution in [2.75, 3.05) is 0 Å². The zero-order valence-corrected chi connectivity index (χ0v) is 12.4. The summed E-state index contributed by atoms with van der Waals surface area (Å²) in [5.41, 5.74) is 1.68. The van der Waals surface area contributed by atoms with Crippen LogP contribution in [0.15, 0.2) is 47.4 Å². The Morgan fingerprint density at radius 3 is 2.74 bits per heavy atom. The number of benzene rings is 1. The standard InChI is InChI=1S/C17H14FN3O2/c1-10-13-8-14(17(23)21-15(13)6-7-19-10)16(22)20-9-11-2-4-12(18)5-3-11/h2-8H,9H2,1H3,(H,20,22)(H,21,23). The monoisotopic (exact) mass is 311 g/mol. The maximum Gasteiger partial charge on any atom is 0.261 e. The molecule has 23 heavy (non-hydrogen) atoms. The maximum atomic E-state index is 12.9. The molecule has 0 aliphatic heterocycles. The van der Waals surface area contributed by atoms with Crippen LogP contribution < -0.4 is 10.9 Å². The molecule has 0 unspecified atom stereocenters. The lowest BCUT2D eigenvalue weighted by molar-refractivity contribution is 0.0949. The SMILES string of the molecule is Cc1nccc2[nH]c(=O)c(C(=O)NCc3ccc(F)cc3)cc12. The first-order valence-electron chi connectivity index (χ1n) is 7.06. The van der Waals surface area contributed by atoms with Crippen molar-refractivity contribution in [2.45, 2.75) is 13.5 Å². The van der Waals surface area contributed by atoms with Gasteiger partial charge in [-0.2, -0.15) is 0 Å². The summed E-state index contributed by atoms with van der Waals surface area (Å²) in [7, 11) is 0. The Labute approximate surface area is 131 Å². The van der Waals surface area contributed by atoms with Crippen molar-refractivity contribution >= 4 is 16.8 Å². The van der Waals surface area contributed by atoms with Crippen molar-refractivity contribution in [2.24, 2.45) is 0 Å². The highest BCUT2D eigenvalue weighted by molar-refractivity contribution is 5.97. The number of carbonyl (C=O) groups is 1. The van der Waals surface area contributed by atoms with Gasteiger partial charge in [0.15, 0.2) is 0 Å². The first-order chi connectivity index (χ1) is 11.0. The number of nitrogens with one attached hydrogen (secondary N) is 2. The summed E-state index contributed by atoms with van der Waals surface area (Å²) in [5, 5.41) is 3.38. The van der Waals surface area contributed by atoms with Crippen LogP contribution in [0.1, 0.15) is 21.6 Å². The number of halogens is 1. The number of hydrogen-bond acceptors (Lipinski definition) is 3. The van der Waals surface area contributed by atoms with E-state index in [-0.39, 0.29) is 17.9 Å². The summed E-state index contributed by atoms with van der Waals surface area (Å²) in [6, 6.07) is 9.02. The molecule has 1 amide bonds. The fourth-order valence-corrected chi connectivity index (χ4v) is 2.32.